The topological polar surface area (TPSA) is 163 Å². The second-order valence-electron chi connectivity index (χ2n) is 8.82. The average Bonchev–Trinajstić information content (AvgIpc) is 3.41. The molecule has 40 heavy (non-hydrogen) atoms. The molecule has 3 aromatic rings. The molecule has 1 aliphatic heterocycles. The van der Waals surface area contributed by atoms with Crippen LogP contribution in [0.5, 0.6) is 5.75 Å². The number of aromatic nitrogens is 3. The lowest BCUT2D eigenvalue weighted by Crippen LogP contribution is -2.20. The number of nitrogens with zero attached hydrogens (tertiary/aromatic N) is 3. The quantitative estimate of drug-likeness (QED) is 0.179. The maximum absolute atomic E-state index is 12.1. The van der Waals surface area contributed by atoms with E-state index in [4.69, 9.17) is 14.9 Å². The molecule has 2 aromatic carbocycles. The molecule has 0 fully saturated rings. The van der Waals surface area contributed by atoms with Crippen LogP contribution in [0, 0.1) is 0 Å². The number of nitrogens with two attached hydrogens (primary N) is 1. The summed E-state index contributed by atoms with van der Waals surface area (Å²) in [5.74, 6) is -0.460. The van der Waals surface area contributed by atoms with E-state index in [-0.39, 0.29) is 36.6 Å². The first kappa shape index (κ1) is 26.3. The number of fused-ring (bicyclic) bond motifs is 2. The molecule has 0 unspecified atom stereocenters. The predicted molar refractivity (Wildman–Crippen MR) is 147 cm³/mol. The van der Waals surface area contributed by atoms with Crippen molar-refractivity contribution >= 4 is 22.8 Å². The Morgan fingerprint density at radius 2 is 1.95 bits per heavy atom. The number of carbonyl (C=O) groups excluding carboxylic acids is 1. The number of hydrogen-bond acceptors (Lipinski definition) is 8. The predicted octanol–water partition coefficient (Wildman–Crippen LogP) is 3.06. The van der Waals surface area contributed by atoms with Crippen LogP contribution in [0.25, 0.3) is 33.4 Å². The molecular formula is C29H25N5O6. The summed E-state index contributed by atoms with van der Waals surface area (Å²) >= 11 is 0. The van der Waals surface area contributed by atoms with Crippen LogP contribution in [0.3, 0.4) is 0 Å². The van der Waals surface area contributed by atoms with Crippen LogP contribution in [-0.2, 0) is 17.9 Å². The zero-order chi connectivity index (χ0) is 28.1. The number of hydrogen-bond donors (Lipinski definition) is 3. The van der Waals surface area contributed by atoms with Crippen LogP contribution in [0.1, 0.15) is 16.1 Å². The Morgan fingerprint density at radius 3 is 2.77 bits per heavy atom. The SMILES string of the molecule is NC/C=C/C(=O)NCc1cn(CCOc2ccc3c(-c4ccccc4C(=O)O)c4ccc(=O)cc-4oc3c2)nn1. The summed E-state index contributed by atoms with van der Waals surface area (Å²) < 4.78 is 13.6. The fraction of sp³-hybridized carbons (Fsp3) is 0.138. The van der Waals surface area contributed by atoms with Gasteiger partial charge in [0.1, 0.15) is 29.4 Å². The van der Waals surface area contributed by atoms with Crippen molar-refractivity contribution < 1.29 is 23.8 Å². The van der Waals surface area contributed by atoms with Gasteiger partial charge in [0.25, 0.3) is 0 Å². The van der Waals surface area contributed by atoms with E-state index in [0.717, 1.165) is 0 Å². The third-order valence-electron chi connectivity index (χ3n) is 6.12. The zero-order valence-electron chi connectivity index (χ0n) is 21.2. The molecule has 4 N–H and O–H groups in total. The fourth-order valence-electron chi connectivity index (χ4n) is 4.32. The molecule has 0 atom stereocenters. The van der Waals surface area contributed by atoms with Crippen molar-refractivity contribution in [1.82, 2.24) is 20.3 Å². The van der Waals surface area contributed by atoms with Gasteiger partial charge >= 0.3 is 5.97 Å². The van der Waals surface area contributed by atoms with Gasteiger partial charge in [-0.3, -0.25) is 9.59 Å². The largest absolute Gasteiger partial charge is 0.492 e. The number of benzene rings is 3. The molecule has 1 aliphatic carbocycles. The van der Waals surface area contributed by atoms with Crippen molar-refractivity contribution in [1.29, 1.82) is 0 Å². The minimum atomic E-state index is -1.06. The first-order valence-corrected chi connectivity index (χ1v) is 12.4. The van der Waals surface area contributed by atoms with Crippen molar-refractivity contribution in [2.24, 2.45) is 5.73 Å². The Morgan fingerprint density at radius 1 is 1.10 bits per heavy atom. The molecule has 202 valence electrons. The number of carbonyl (C=O) groups is 2. The summed E-state index contributed by atoms with van der Waals surface area (Å²) in [6.45, 7) is 1.18. The van der Waals surface area contributed by atoms with Crippen molar-refractivity contribution in [2.75, 3.05) is 13.2 Å². The molecule has 1 aromatic heterocycles. The van der Waals surface area contributed by atoms with Gasteiger partial charge in [-0.1, -0.05) is 29.5 Å². The number of carboxylic acids is 1. The van der Waals surface area contributed by atoms with Crippen LogP contribution >= 0.6 is 0 Å². The van der Waals surface area contributed by atoms with Gasteiger partial charge in [0, 0.05) is 41.3 Å². The first-order valence-electron chi connectivity index (χ1n) is 12.4. The Kier molecular flexibility index (Phi) is 7.65. The van der Waals surface area contributed by atoms with Gasteiger partial charge in [0.05, 0.1) is 24.8 Å². The van der Waals surface area contributed by atoms with E-state index in [2.05, 4.69) is 15.6 Å². The molecule has 5 rings (SSSR count). The van der Waals surface area contributed by atoms with E-state index in [1.807, 2.05) is 6.07 Å². The minimum absolute atomic E-state index is 0.140. The Hall–Kier alpha value is -5.29. The lowest BCUT2D eigenvalue weighted by Gasteiger charge is -2.17. The van der Waals surface area contributed by atoms with Crippen molar-refractivity contribution in [3.63, 3.8) is 0 Å². The number of carboxylic acid groups (broad SMARTS) is 1. The lowest BCUT2D eigenvalue weighted by atomic mass is 9.91. The van der Waals surface area contributed by atoms with E-state index in [9.17, 15) is 19.5 Å². The molecule has 11 nitrogen and oxygen atoms in total. The molecular weight excluding hydrogens is 514 g/mol. The van der Waals surface area contributed by atoms with Gasteiger partial charge in [-0.25, -0.2) is 9.48 Å². The number of rotatable bonds is 10. The minimum Gasteiger partial charge on any atom is -0.492 e. The highest BCUT2D eigenvalue weighted by Crippen LogP contribution is 2.41. The van der Waals surface area contributed by atoms with Crippen LogP contribution in [-0.4, -0.2) is 45.1 Å². The summed E-state index contributed by atoms with van der Waals surface area (Å²) in [4.78, 5) is 35.7. The van der Waals surface area contributed by atoms with Crippen LogP contribution < -0.4 is 21.2 Å². The average molecular weight is 540 g/mol. The maximum Gasteiger partial charge on any atom is 0.336 e. The molecule has 0 radical (unpaired) electrons. The number of amides is 1. The molecule has 2 heterocycles. The fourth-order valence-corrected chi connectivity index (χ4v) is 4.32. The third-order valence-corrected chi connectivity index (χ3v) is 6.12. The number of ether oxygens (including phenoxy) is 1. The highest BCUT2D eigenvalue weighted by molar-refractivity contribution is 6.07. The van der Waals surface area contributed by atoms with E-state index in [1.54, 1.807) is 59.4 Å². The van der Waals surface area contributed by atoms with Gasteiger partial charge in [-0.15, -0.1) is 5.10 Å². The summed E-state index contributed by atoms with van der Waals surface area (Å²) in [6.07, 6.45) is 4.64. The summed E-state index contributed by atoms with van der Waals surface area (Å²) in [7, 11) is 0. The van der Waals surface area contributed by atoms with E-state index < -0.39 is 5.97 Å². The summed E-state index contributed by atoms with van der Waals surface area (Å²) in [5, 5.41) is 21.3. The van der Waals surface area contributed by atoms with Crippen molar-refractivity contribution in [3.8, 4) is 28.2 Å². The second kappa shape index (κ2) is 11.6. The van der Waals surface area contributed by atoms with E-state index >= 15 is 0 Å². The highest BCUT2D eigenvalue weighted by atomic mass is 16.5. The zero-order valence-corrected chi connectivity index (χ0v) is 21.2. The monoisotopic (exact) mass is 539 g/mol. The van der Waals surface area contributed by atoms with Crippen LogP contribution in [0.4, 0.5) is 0 Å². The standard InChI is InChI=1S/C29H25N5O6/c30-11-3-6-27(36)31-16-18-17-34(33-32-18)12-13-39-20-8-10-24-26(15-20)40-25-14-19(35)7-9-23(25)28(24)21-4-1-2-5-22(21)29(37)38/h1-10,14-15,17H,11-13,16,30H2,(H,31,36)(H,37,38)/b6-3+. The molecule has 0 saturated heterocycles. The molecule has 2 aliphatic rings. The molecule has 1 amide bonds. The maximum atomic E-state index is 12.1. The Bertz CT molecular complexity index is 1760. The Balaban J connectivity index is 1.37. The lowest BCUT2D eigenvalue weighted by molar-refractivity contribution is -0.116. The number of nitrogens with one attached hydrogen (secondary N) is 1. The Labute approximate surface area is 227 Å². The normalized spacial score (nSPS) is 11.3. The highest BCUT2D eigenvalue weighted by Gasteiger charge is 2.21. The van der Waals surface area contributed by atoms with Gasteiger partial charge in [0.15, 0.2) is 5.43 Å². The van der Waals surface area contributed by atoms with Crippen molar-refractivity contribution in [3.05, 3.63) is 100 Å². The second-order valence-corrected chi connectivity index (χ2v) is 8.82. The molecule has 0 bridgehead atoms. The molecule has 11 heteroatoms. The van der Waals surface area contributed by atoms with Crippen LogP contribution in [0.15, 0.2) is 88.2 Å². The summed E-state index contributed by atoms with van der Waals surface area (Å²) in [5.41, 5.74) is 8.08. The number of aromatic carboxylic acids is 1. The first-order chi connectivity index (χ1) is 19.4. The van der Waals surface area contributed by atoms with Crippen molar-refractivity contribution in [2.45, 2.75) is 13.1 Å². The van der Waals surface area contributed by atoms with Crippen LogP contribution in [0.2, 0.25) is 0 Å². The molecule has 0 spiro atoms. The summed E-state index contributed by atoms with van der Waals surface area (Å²) in [6, 6.07) is 16.5. The van der Waals surface area contributed by atoms with Gasteiger partial charge in [-0.05, 0) is 35.9 Å². The van der Waals surface area contributed by atoms with Gasteiger partial charge < -0.3 is 25.3 Å². The third kappa shape index (κ3) is 5.74. The van der Waals surface area contributed by atoms with Gasteiger partial charge in [-0.2, -0.15) is 0 Å². The smallest absolute Gasteiger partial charge is 0.336 e. The molecule has 0 saturated carbocycles. The van der Waals surface area contributed by atoms with E-state index in [0.29, 0.717) is 51.4 Å². The van der Waals surface area contributed by atoms with E-state index in [1.165, 1.54) is 18.2 Å². The van der Waals surface area contributed by atoms with Gasteiger partial charge in [0.2, 0.25) is 5.91 Å².